The molecule has 0 bridgehead atoms. The first-order valence-corrected chi connectivity index (χ1v) is 10.1. The molecule has 0 unspecified atom stereocenters. The molecule has 2 amide bonds. The number of likely N-dealkylation sites (N-methyl/N-ethyl adjacent to an activating group) is 1. The van der Waals surface area contributed by atoms with E-state index in [0.717, 1.165) is 17.4 Å². The van der Waals surface area contributed by atoms with Crippen molar-refractivity contribution in [1.82, 2.24) is 4.90 Å². The van der Waals surface area contributed by atoms with E-state index in [9.17, 15) is 30.0 Å². The van der Waals surface area contributed by atoms with Gasteiger partial charge in [0.25, 0.3) is 17.6 Å². The Morgan fingerprint density at radius 3 is 2.47 bits per heavy atom. The summed E-state index contributed by atoms with van der Waals surface area (Å²) >= 11 is 0. The van der Waals surface area contributed by atoms with Gasteiger partial charge in [0, 0.05) is 18.2 Å². The van der Waals surface area contributed by atoms with E-state index in [1.807, 2.05) is 12.1 Å². The number of anilines is 1. The van der Waals surface area contributed by atoms with Crippen LogP contribution in [0.2, 0.25) is 0 Å². The third-order valence-electron chi connectivity index (χ3n) is 8.48. The maximum Gasteiger partial charge on any atom is 0.266 e. The van der Waals surface area contributed by atoms with Gasteiger partial charge in [-0.25, -0.2) is 0 Å². The number of rotatable bonds is 1. The predicted octanol–water partition coefficient (Wildman–Crippen LogP) is -1.20. The molecule has 3 saturated heterocycles. The highest BCUT2D eigenvalue weighted by Gasteiger charge is 2.95. The summed E-state index contributed by atoms with van der Waals surface area (Å²) in [7, 11) is 1.59. The van der Waals surface area contributed by atoms with Gasteiger partial charge in [-0.1, -0.05) is 12.1 Å². The van der Waals surface area contributed by atoms with E-state index in [4.69, 9.17) is 4.74 Å². The smallest absolute Gasteiger partial charge is 0.266 e. The van der Waals surface area contributed by atoms with Crippen LogP contribution >= 0.6 is 0 Å². The van der Waals surface area contributed by atoms with E-state index in [-0.39, 0.29) is 0 Å². The highest BCUT2D eigenvalue weighted by molar-refractivity contribution is 6.09. The summed E-state index contributed by atoms with van der Waals surface area (Å²) in [5, 5.41) is 45.5. The van der Waals surface area contributed by atoms with Crippen molar-refractivity contribution < 1.29 is 34.8 Å². The highest BCUT2D eigenvalue weighted by Crippen LogP contribution is 2.75. The van der Waals surface area contributed by atoms with Crippen molar-refractivity contribution in [2.45, 2.75) is 61.5 Å². The molecular weight excluding hydrogens is 392 g/mol. The Morgan fingerprint density at radius 1 is 1.17 bits per heavy atom. The molecule has 0 aromatic heterocycles. The van der Waals surface area contributed by atoms with Crippen LogP contribution in [0.4, 0.5) is 5.69 Å². The fourth-order valence-electron chi connectivity index (χ4n) is 7.20. The van der Waals surface area contributed by atoms with Crippen LogP contribution in [0.25, 0.3) is 0 Å². The lowest BCUT2D eigenvalue weighted by Crippen LogP contribution is -2.67. The first-order chi connectivity index (χ1) is 13.8. The van der Waals surface area contributed by atoms with E-state index in [1.54, 1.807) is 27.0 Å². The van der Waals surface area contributed by atoms with Crippen LogP contribution in [0.5, 0.6) is 0 Å². The molecule has 4 aliphatic heterocycles. The molecule has 7 atom stereocenters. The Hall–Kier alpha value is -2.04. The maximum atomic E-state index is 13.7. The van der Waals surface area contributed by atoms with Gasteiger partial charge in [-0.3, -0.25) is 9.59 Å². The molecule has 0 radical (unpaired) electrons. The zero-order valence-corrected chi connectivity index (χ0v) is 17.1. The Balaban J connectivity index is 1.76. The normalized spacial score (nSPS) is 47.7. The van der Waals surface area contributed by atoms with Crippen molar-refractivity contribution in [3.05, 3.63) is 29.3 Å². The minimum atomic E-state index is -2.91. The first kappa shape index (κ1) is 18.7. The molecule has 0 saturated carbocycles. The Kier molecular flexibility index (Phi) is 2.86. The second-order valence-electron chi connectivity index (χ2n) is 9.91. The quantitative estimate of drug-likeness (QED) is 0.452. The fraction of sp³-hybridized carbons (Fsp3) is 0.619. The zero-order chi connectivity index (χ0) is 21.8. The molecule has 3 fully saturated rings. The molecular formula is C21H24N2O7. The molecule has 6 rings (SSSR count). The Morgan fingerprint density at radius 2 is 1.83 bits per heavy atom. The summed E-state index contributed by atoms with van der Waals surface area (Å²) in [6, 6.07) is 5.48. The van der Waals surface area contributed by atoms with E-state index in [0.29, 0.717) is 17.7 Å². The molecule has 1 aromatic rings. The van der Waals surface area contributed by atoms with Gasteiger partial charge in [0.1, 0.15) is 0 Å². The average Bonchev–Trinajstić information content (AvgIpc) is 3.16. The molecule has 160 valence electrons. The minimum Gasteiger partial charge on any atom is -0.390 e. The lowest BCUT2D eigenvalue weighted by atomic mass is 9.61. The second-order valence-corrected chi connectivity index (χ2v) is 9.91. The van der Waals surface area contributed by atoms with Gasteiger partial charge in [-0.15, -0.1) is 0 Å². The van der Waals surface area contributed by atoms with Gasteiger partial charge >= 0.3 is 0 Å². The van der Waals surface area contributed by atoms with Gasteiger partial charge in [0.2, 0.25) is 11.3 Å². The summed E-state index contributed by atoms with van der Waals surface area (Å²) in [5.41, 5.74) is -6.05. The number of aliphatic hydroxyl groups is 4. The molecule has 30 heavy (non-hydrogen) atoms. The highest BCUT2D eigenvalue weighted by atomic mass is 16.7. The van der Waals surface area contributed by atoms with Gasteiger partial charge in [0.05, 0.1) is 17.7 Å². The zero-order valence-electron chi connectivity index (χ0n) is 17.1. The largest absolute Gasteiger partial charge is 0.390 e. The average molecular weight is 416 g/mol. The summed E-state index contributed by atoms with van der Waals surface area (Å²) in [4.78, 5) is 29.5. The van der Waals surface area contributed by atoms with Crippen LogP contribution < -0.4 is 4.90 Å². The SMILES string of the molecule is C[C@@H](O)[C@@]1(O)C(=O)N2C(C)(C)[C@@H]3Cc4cccc5c4[C@@]4(O[C@@]1(O)[C@@]2(O)[C@H]34)C(=O)N5C. The monoisotopic (exact) mass is 416 g/mol. The lowest BCUT2D eigenvalue weighted by molar-refractivity contribution is -0.346. The number of aliphatic hydroxyl groups excluding tert-OH is 1. The third kappa shape index (κ3) is 1.34. The van der Waals surface area contributed by atoms with Gasteiger partial charge in [-0.05, 0) is 44.7 Å². The van der Waals surface area contributed by atoms with E-state index in [2.05, 4.69) is 0 Å². The fourth-order valence-corrected chi connectivity index (χ4v) is 7.20. The lowest BCUT2D eigenvalue weighted by Gasteiger charge is -2.42. The first-order valence-electron chi connectivity index (χ1n) is 10.1. The second kappa shape index (κ2) is 4.58. The number of hydrogen-bond donors (Lipinski definition) is 4. The van der Waals surface area contributed by atoms with Crippen LogP contribution in [0.15, 0.2) is 18.2 Å². The molecule has 9 nitrogen and oxygen atoms in total. The van der Waals surface area contributed by atoms with Crippen LogP contribution in [0, 0.1) is 11.8 Å². The van der Waals surface area contributed by atoms with Crippen LogP contribution in [0.3, 0.4) is 0 Å². The molecule has 5 aliphatic rings. The predicted molar refractivity (Wildman–Crippen MR) is 101 cm³/mol. The summed E-state index contributed by atoms with van der Waals surface area (Å²) in [6.07, 6.45) is -1.30. The van der Waals surface area contributed by atoms with E-state index in [1.165, 1.54) is 4.90 Å². The van der Waals surface area contributed by atoms with Crippen molar-refractivity contribution in [1.29, 1.82) is 0 Å². The van der Waals surface area contributed by atoms with Crippen LogP contribution in [0.1, 0.15) is 31.9 Å². The summed E-state index contributed by atoms with van der Waals surface area (Å²) in [6.45, 7) is 4.63. The van der Waals surface area contributed by atoms with Crippen LogP contribution in [-0.2, 0) is 26.3 Å². The standard InChI is InChI=1S/C21H24N2O7/c1-9(24)19(27)16(26)23-17(2,3)11-8-10-6-5-7-12-13(10)18(15(25)22(12)4)14(11)20(23,28)21(19,29)30-18/h5-7,9,11,14,24,27-29H,8H2,1-4H3/t9-,11-,14-,18+,19-,20+,21-/m1/s1. The molecule has 9 heteroatoms. The van der Waals surface area contributed by atoms with Crippen molar-refractivity contribution in [3.63, 3.8) is 0 Å². The van der Waals surface area contributed by atoms with Crippen molar-refractivity contribution in [2.75, 3.05) is 11.9 Å². The minimum absolute atomic E-state index is 0.433. The number of carbonyl (C=O) groups excluding carboxylic acids is 2. The molecule has 4 N–H and O–H groups in total. The molecule has 1 aliphatic carbocycles. The van der Waals surface area contributed by atoms with Gasteiger partial charge < -0.3 is 35.0 Å². The molecule has 1 aromatic carbocycles. The Labute approximate surface area is 172 Å². The number of hydrogen-bond acceptors (Lipinski definition) is 7. The summed E-state index contributed by atoms with van der Waals surface area (Å²) < 4.78 is 6.06. The van der Waals surface area contributed by atoms with Crippen molar-refractivity contribution in [3.8, 4) is 0 Å². The number of amides is 2. The third-order valence-corrected chi connectivity index (χ3v) is 8.48. The number of carbonyl (C=O) groups is 2. The Bertz CT molecular complexity index is 1070. The van der Waals surface area contributed by atoms with E-state index < -0.39 is 58.0 Å². The topological polar surface area (TPSA) is 131 Å². The van der Waals surface area contributed by atoms with Crippen LogP contribution in [-0.4, -0.2) is 72.9 Å². The van der Waals surface area contributed by atoms with Gasteiger partial charge in [0.15, 0.2) is 5.60 Å². The number of ether oxygens (including phenoxy) is 1. The number of nitrogens with zero attached hydrogens (tertiary/aromatic N) is 2. The summed E-state index contributed by atoms with van der Waals surface area (Å²) in [5.74, 6) is -5.85. The molecule has 1 spiro atoms. The van der Waals surface area contributed by atoms with Crippen molar-refractivity contribution in [2.24, 2.45) is 11.8 Å². The van der Waals surface area contributed by atoms with Gasteiger partial charge in [-0.2, -0.15) is 0 Å². The maximum absolute atomic E-state index is 13.7. The van der Waals surface area contributed by atoms with E-state index >= 15 is 0 Å². The molecule has 4 heterocycles. The van der Waals surface area contributed by atoms with Crippen molar-refractivity contribution >= 4 is 17.5 Å². The number of benzene rings is 1.